The Bertz CT molecular complexity index is 1710. The van der Waals surface area contributed by atoms with Crippen molar-refractivity contribution in [2.24, 2.45) is 17.8 Å². The second kappa shape index (κ2) is 15.2. The quantitative estimate of drug-likeness (QED) is 0.314. The Balaban J connectivity index is 1.14. The van der Waals surface area contributed by atoms with Crippen LogP contribution in [0.2, 0.25) is 5.02 Å². The molecule has 3 fully saturated rings. The van der Waals surface area contributed by atoms with Crippen LogP contribution in [0.15, 0.2) is 47.3 Å². The van der Waals surface area contributed by atoms with Crippen molar-refractivity contribution in [1.82, 2.24) is 29.5 Å². The SMILES string of the molecule is CN1CCC(C2CCN(C(=O)[C@H](CC(=O)N3CCC(n4nc(-c5ccccc5)[nH]c4=O)CC3)Cc3cc(Cl)c(O)c(C(F)(F)F)c3)CC2)CC1. The number of alkyl halides is 3. The van der Waals surface area contributed by atoms with Crippen molar-refractivity contribution in [3.05, 3.63) is 69.1 Å². The minimum Gasteiger partial charge on any atom is -0.506 e. The number of amides is 2. The lowest BCUT2D eigenvalue weighted by Crippen LogP contribution is -2.46. The summed E-state index contributed by atoms with van der Waals surface area (Å²) >= 11 is 6.02. The highest BCUT2D eigenvalue weighted by atomic mass is 35.5. The van der Waals surface area contributed by atoms with Crippen LogP contribution in [0.3, 0.4) is 0 Å². The fraction of sp³-hybridized carbons (Fsp3) is 0.556. The van der Waals surface area contributed by atoms with E-state index in [0.29, 0.717) is 56.7 Å². The molecule has 2 N–H and O–H groups in total. The molecule has 0 unspecified atom stereocenters. The van der Waals surface area contributed by atoms with E-state index >= 15 is 0 Å². The third-order valence-corrected chi connectivity index (χ3v) is 11.1. The molecule has 0 bridgehead atoms. The van der Waals surface area contributed by atoms with E-state index in [2.05, 4.69) is 22.0 Å². The van der Waals surface area contributed by atoms with E-state index in [-0.39, 0.29) is 42.0 Å². The van der Waals surface area contributed by atoms with Gasteiger partial charge in [-0.1, -0.05) is 41.9 Å². The predicted octanol–water partition coefficient (Wildman–Crippen LogP) is 5.61. The Morgan fingerprint density at radius 1 is 0.940 bits per heavy atom. The molecule has 3 aliphatic heterocycles. The average Bonchev–Trinajstić information content (AvgIpc) is 3.50. The van der Waals surface area contributed by atoms with Crippen LogP contribution in [-0.2, 0) is 22.2 Å². The number of hydrogen-bond acceptors (Lipinski definition) is 6. The Hall–Kier alpha value is -3.84. The molecule has 3 saturated heterocycles. The Labute approximate surface area is 294 Å². The van der Waals surface area contributed by atoms with Gasteiger partial charge in [0, 0.05) is 38.2 Å². The summed E-state index contributed by atoms with van der Waals surface area (Å²) < 4.78 is 42.7. The minimum atomic E-state index is -4.85. The second-order valence-electron chi connectivity index (χ2n) is 14.1. The molecular weight excluding hydrogens is 673 g/mol. The van der Waals surface area contributed by atoms with Crippen molar-refractivity contribution in [1.29, 1.82) is 0 Å². The number of phenolic OH excluding ortho intramolecular Hbond substituents is 1. The molecule has 0 saturated carbocycles. The molecule has 1 aromatic heterocycles. The van der Waals surface area contributed by atoms with Crippen LogP contribution in [0.1, 0.15) is 62.1 Å². The maximum Gasteiger partial charge on any atom is 0.420 e. The summed E-state index contributed by atoms with van der Waals surface area (Å²) in [5, 5.41) is 14.1. The van der Waals surface area contributed by atoms with Gasteiger partial charge in [0.2, 0.25) is 11.8 Å². The average molecular weight is 717 g/mol. The summed E-state index contributed by atoms with van der Waals surface area (Å²) in [4.78, 5) is 49.1. The van der Waals surface area contributed by atoms with E-state index in [9.17, 15) is 32.7 Å². The molecule has 270 valence electrons. The largest absolute Gasteiger partial charge is 0.506 e. The molecule has 50 heavy (non-hydrogen) atoms. The van der Waals surface area contributed by atoms with Crippen LogP contribution in [0.25, 0.3) is 11.4 Å². The third kappa shape index (κ3) is 8.20. The Kier molecular flexibility index (Phi) is 10.9. The predicted molar refractivity (Wildman–Crippen MR) is 183 cm³/mol. The number of rotatable bonds is 8. The number of nitrogens with one attached hydrogen (secondary N) is 1. The van der Waals surface area contributed by atoms with Crippen molar-refractivity contribution >= 4 is 23.4 Å². The first-order valence-corrected chi connectivity index (χ1v) is 17.8. The van der Waals surface area contributed by atoms with Crippen LogP contribution in [0.5, 0.6) is 5.75 Å². The molecule has 10 nitrogen and oxygen atoms in total. The van der Waals surface area contributed by atoms with Crippen molar-refractivity contribution in [3.63, 3.8) is 0 Å². The number of hydrogen-bond donors (Lipinski definition) is 2. The van der Waals surface area contributed by atoms with Gasteiger partial charge in [-0.2, -0.15) is 13.2 Å². The fourth-order valence-corrected chi connectivity index (χ4v) is 8.12. The monoisotopic (exact) mass is 716 g/mol. The first-order valence-electron chi connectivity index (χ1n) is 17.4. The highest BCUT2D eigenvalue weighted by Gasteiger charge is 2.38. The lowest BCUT2D eigenvalue weighted by atomic mass is 9.78. The van der Waals surface area contributed by atoms with Gasteiger partial charge in [0.25, 0.3) is 0 Å². The van der Waals surface area contributed by atoms with Gasteiger partial charge in [-0.25, -0.2) is 9.48 Å². The molecular formula is C36H44ClF3N6O4. The topological polar surface area (TPSA) is 115 Å². The number of aromatic amines is 1. The summed E-state index contributed by atoms with van der Waals surface area (Å²) in [6.45, 7) is 3.89. The first kappa shape index (κ1) is 36.0. The van der Waals surface area contributed by atoms with E-state index < -0.39 is 28.4 Å². The number of H-pyrrole nitrogens is 1. The fourth-order valence-electron chi connectivity index (χ4n) is 7.88. The highest BCUT2D eigenvalue weighted by molar-refractivity contribution is 6.32. The molecule has 0 aliphatic carbocycles. The summed E-state index contributed by atoms with van der Waals surface area (Å²) in [6.07, 6.45) is -0.219. The number of aromatic hydroxyl groups is 1. The van der Waals surface area contributed by atoms with Crippen LogP contribution < -0.4 is 5.69 Å². The van der Waals surface area contributed by atoms with Crippen LogP contribution >= 0.6 is 11.6 Å². The van der Waals surface area contributed by atoms with Crippen molar-refractivity contribution in [2.75, 3.05) is 46.3 Å². The molecule has 0 radical (unpaired) electrons. The smallest absolute Gasteiger partial charge is 0.420 e. The maximum atomic E-state index is 14.1. The normalized spacial score (nSPS) is 19.5. The summed E-state index contributed by atoms with van der Waals surface area (Å²) in [5.74, 6) is -0.908. The Morgan fingerprint density at radius 3 is 2.16 bits per heavy atom. The number of phenols is 1. The van der Waals surface area contributed by atoms with E-state index in [1.54, 1.807) is 9.80 Å². The number of carbonyl (C=O) groups excluding carboxylic acids is 2. The zero-order valence-electron chi connectivity index (χ0n) is 28.2. The molecule has 1 atom stereocenters. The highest BCUT2D eigenvalue weighted by Crippen LogP contribution is 2.41. The molecule has 2 amide bonds. The van der Waals surface area contributed by atoms with Gasteiger partial charge in [-0.3, -0.25) is 14.6 Å². The number of nitrogens with zero attached hydrogens (tertiary/aromatic N) is 5. The molecule has 6 rings (SSSR count). The molecule has 14 heteroatoms. The number of piperidine rings is 3. The molecule has 2 aromatic carbocycles. The molecule has 3 aromatic rings. The van der Waals surface area contributed by atoms with Gasteiger partial charge in [0.15, 0.2) is 5.82 Å². The first-order chi connectivity index (χ1) is 23.9. The second-order valence-corrected chi connectivity index (χ2v) is 14.5. The number of halogens is 4. The van der Waals surface area contributed by atoms with E-state index in [0.717, 1.165) is 50.4 Å². The van der Waals surface area contributed by atoms with Crippen molar-refractivity contribution in [3.8, 4) is 17.1 Å². The van der Waals surface area contributed by atoms with Gasteiger partial charge >= 0.3 is 11.9 Å². The van der Waals surface area contributed by atoms with Crippen LogP contribution in [0.4, 0.5) is 13.2 Å². The molecule has 0 spiro atoms. The van der Waals surface area contributed by atoms with Gasteiger partial charge < -0.3 is 19.8 Å². The molecule has 4 heterocycles. The zero-order chi connectivity index (χ0) is 35.6. The van der Waals surface area contributed by atoms with E-state index in [4.69, 9.17) is 11.6 Å². The number of likely N-dealkylation sites (tertiary alicyclic amines) is 3. The van der Waals surface area contributed by atoms with Gasteiger partial charge in [0.05, 0.1) is 22.5 Å². The Morgan fingerprint density at radius 2 is 1.54 bits per heavy atom. The minimum absolute atomic E-state index is 0.123. The van der Waals surface area contributed by atoms with Gasteiger partial charge in [0.1, 0.15) is 5.75 Å². The van der Waals surface area contributed by atoms with E-state index in [1.807, 2.05) is 30.3 Å². The number of carbonyl (C=O) groups is 2. The standard InChI is InChI=1S/C36H44ClF3N6O4/c1-43-13-7-24(8-14-43)25-9-15-45(16-10-25)34(49)27(19-23-20-29(36(38,39)40)32(48)30(37)21-23)22-31(47)44-17-11-28(12-18-44)46-35(50)41-33(42-46)26-5-3-2-4-6-26/h2-6,20-21,24-25,27-28,48H,7-19,22H2,1H3,(H,41,42,50)/t27-/m0/s1. The molecule has 3 aliphatic rings. The summed E-state index contributed by atoms with van der Waals surface area (Å²) in [6, 6.07) is 11.1. The summed E-state index contributed by atoms with van der Waals surface area (Å²) in [5.41, 5.74) is -0.694. The summed E-state index contributed by atoms with van der Waals surface area (Å²) in [7, 11) is 2.13. The van der Waals surface area contributed by atoms with Crippen LogP contribution in [0, 0.1) is 17.8 Å². The maximum absolute atomic E-state index is 14.1. The zero-order valence-corrected chi connectivity index (χ0v) is 28.9. The van der Waals surface area contributed by atoms with Gasteiger partial charge in [-0.15, -0.1) is 5.10 Å². The lowest BCUT2D eigenvalue weighted by Gasteiger charge is -2.40. The van der Waals surface area contributed by atoms with Gasteiger partial charge in [-0.05, 0) is 94.6 Å². The number of aromatic nitrogens is 3. The third-order valence-electron chi connectivity index (χ3n) is 10.8. The van der Waals surface area contributed by atoms with Crippen molar-refractivity contribution in [2.45, 2.75) is 63.6 Å². The lowest BCUT2D eigenvalue weighted by molar-refractivity contribution is -0.143. The van der Waals surface area contributed by atoms with Crippen LogP contribution in [-0.4, -0.2) is 92.7 Å². The van der Waals surface area contributed by atoms with Crippen molar-refractivity contribution < 1.29 is 27.9 Å². The number of benzene rings is 2. The van der Waals surface area contributed by atoms with E-state index in [1.165, 1.54) is 10.7 Å².